The van der Waals surface area contributed by atoms with Crippen molar-refractivity contribution in [3.05, 3.63) is 23.8 Å². The molecule has 0 aliphatic carbocycles. The smallest absolute Gasteiger partial charge is 0.320 e. The fraction of sp³-hybridized carbons (Fsp3) is 0.615. The first kappa shape index (κ1) is 13.0. The molecule has 98 valence electrons. The topological polar surface area (TPSA) is 66.3 Å². The summed E-state index contributed by atoms with van der Waals surface area (Å²) in [5.74, 6) is -0.733. The molecule has 5 heteroatoms. The number of piperidine rings is 1. The van der Waals surface area contributed by atoms with E-state index in [1.807, 2.05) is 18.7 Å². The van der Waals surface area contributed by atoms with Gasteiger partial charge >= 0.3 is 5.97 Å². The lowest BCUT2D eigenvalue weighted by Crippen LogP contribution is -2.46. The van der Waals surface area contributed by atoms with Crippen molar-refractivity contribution in [2.45, 2.75) is 45.2 Å². The summed E-state index contributed by atoms with van der Waals surface area (Å²) in [6.45, 7) is 4.74. The number of aliphatic carboxylic acids is 1. The zero-order valence-corrected chi connectivity index (χ0v) is 10.8. The molecule has 1 N–H and O–H groups in total. The Labute approximate surface area is 107 Å². The fourth-order valence-electron chi connectivity index (χ4n) is 2.67. The summed E-state index contributed by atoms with van der Waals surface area (Å²) >= 11 is 0. The van der Waals surface area contributed by atoms with Crippen LogP contribution in [0.4, 0.5) is 0 Å². The maximum atomic E-state index is 11.3. The number of carboxylic acid groups (broad SMARTS) is 1. The van der Waals surface area contributed by atoms with Gasteiger partial charge in [0.1, 0.15) is 6.04 Å². The Morgan fingerprint density at radius 3 is 2.83 bits per heavy atom. The third-order valence-corrected chi connectivity index (χ3v) is 3.64. The Bertz CT molecular complexity index is 436. The van der Waals surface area contributed by atoms with Gasteiger partial charge in [0.25, 0.3) is 0 Å². The number of likely N-dealkylation sites (tertiary alicyclic amines) is 1. The molecule has 1 fully saturated rings. The molecule has 5 nitrogen and oxygen atoms in total. The summed E-state index contributed by atoms with van der Waals surface area (Å²) in [6.07, 6.45) is 6.08. The summed E-state index contributed by atoms with van der Waals surface area (Å²) in [5.41, 5.74) is 1.75. The van der Waals surface area contributed by atoms with E-state index in [0.29, 0.717) is 0 Å². The van der Waals surface area contributed by atoms with Gasteiger partial charge in [-0.2, -0.15) is 0 Å². The SMILES string of the molecule is Cc1nccnc1C(C)N1CCCCC1C(=O)O. The van der Waals surface area contributed by atoms with Crippen LogP contribution < -0.4 is 0 Å². The molecule has 1 saturated heterocycles. The largest absolute Gasteiger partial charge is 0.480 e. The number of nitrogens with zero attached hydrogens (tertiary/aromatic N) is 3. The van der Waals surface area contributed by atoms with Crippen LogP contribution in [0.3, 0.4) is 0 Å². The van der Waals surface area contributed by atoms with Crippen molar-refractivity contribution in [2.24, 2.45) is 0 Å². The van der Waals surface area contributed by atoms with Crippen molar-refractivity contribution >= 4 is 5.97 Å². The highest BCUT2D eigenvalue weighted by Crippen LogP contribution is 2.28. The molecule has 1 aliphatic rings. The van der Waals surface area contributed by atoms with Crippen LogP contribution in [-0.2, 0) is 4.79 Å². The van der Waals surface area contributed by atoms with Gasteiger partial charge < -0.3 is 5.11 Å². The van der Waals surface area contributed by atoms with E-state index in [-0.39, 0.29) is 6.04 Å². The lowest BCUT2D eigenvalue weighted by Gasteiger charge is -2.37. The van der Waals surface area contributed by atoms with Crippen LogP contribution in [0.15, 0.2) is 12.4 Å². The number of rotatable bonds is 3. The predicted molar refractivity (Wildman–Crippen MR) is 67.2 cm³/mol. The number of hydrogen-bond acceptors (Lipinski definition) is 4. The van der Waals surface area contributed by atoms with Crippen molar-refractivity contribution in [1.29, 1.82) is 0 Å². The van der Waals surface area contributed by atoms with Crippen LogP contribution in [0.1, 0.15) is 43.6 Å². The number of aryl methyl sites for hydroxylation is 1. The number of hydrogen-bond donors (Lipinski definition) is 1. The van der Waals surface area contributed by atoms with Crippen molar-refractivity contribution in [3.8, 4) is 0 Å². The number of carbonyl (C=O) groups is 1. The minimum Gasteiger partial charge on any atom is -0.480 e. The van der Waals surface area contributed by atoms with Gasteiger partial charge in [-0.1, -0.05) is 6.42 Å². The summed E-state index contributed by atoms with van der Waals surface area (Å²) < 4.78 is 0. The Morgan fingerprint density at radius 2 is 2.17 bits per heavy atom. The monoisotopic (exact) mass is 249 g/mol. The van der Waals surface area contributed by atoms with E-state index in [9.17, 15) is 9.90 Å². The Morgan fingerprint density at radius 1 is 1.44 bits per heavy atom. The van der Waals surface area contributed by atoms with Crippen LogP contribution >= 0.6 is 0 Å². The highest BCUT2D eigenvalue weighted by Gasteiger charge is 2.33. The zero-order valence-electron chi connectivity index (χ0n) is 10.8. The Balaban J connectivity index is 2.23. The van der Waals surface area contributed by atoms with E-state index >= 15 is 0 Å². The molecule has 0 bridgehead atoms. The second kappa shape index (κ2) is 5.44. The summed E-state index contributed by atoms with van der Waals surface area (Å²) in [7, 11) is 0. The maximum Gasteiger partial charge on any atom is 0.320 e. The molecule has 1 aliphatic heterocycles. The highest BCUT2D eigenvalue weighted by atomic mass is 16.4. The first-order chi connectivity index (χ1) is 8.61. The van der Waals surface area contributed by atoms with Gasteiger partial charge in [-0.3, -0.25) is 19.7 Å². The molecular weight excluding hydrogens is 230 g/mol. The molecule has 0 amide bonds. The molecule has 1 aromatic rings. The molecule has 0 saturated carbocycles. The van der Waals surface area contributed by atoms with Gasteiger partial charge in [0.05, 0.1) is 17.4 Å². The summed E-state index contributed by atoms with van der Waals surface area (Å²) in [4.78, 5) is 21.9. The van der Waals surface area contributed by atoms with Gasteiger partial charge in [-0.15, -0.1) is 0 Å². The molecule has 0 aromatic carbocycles. The number of aromatic nitrogens is 2. The molecule has 0 spiro atoms. The minimum atomic E-state index is -0.733. The third kappa shape index (κ3) is 2.51. The van der Waals surface area contributed by atoms with E-state index in [4.69, 9.17) is 0 Å². The molecule has 18 heavy (non-hydrogen) atoms. The van der Waals surface area contributed by atoms with Crippen LogP contribution in [0.2, 0.25) is 0 Å². The molecule has 2 heterocycles. The minimum absolute atomic E-state index is 0.0000926. The van der Waals surface area contributed by atoms with Gasteiger partial charge in [-0.05, 0) is 33.2 Å². The van der Waals surface area contributed by atoms with E-state index in [1.165, 1.54) is 0 Å². The molecule has 2 unspecified atom stereocenters. The van der Waals surface area contributed by atoms with Gasteiger partial charge in [-0.25, -0.2) is 0 Å². The van der Waals surface area contributed by atoms with E-state index in [1.54, 1.807) is 12.4 Å². The average molecular weight is 249 g/mol. The third-order valence-electron chi connectivity index (χ3n) is 3.64. The fourth-order valence-corrected chi connectivity index (χ4v) is 2.67. The standard InChI is InChI=1S/C13H19N3O2/c1-9-12(15-7-6-14-9)10(2)16-8-4-3-5-11(16)13(17)18/h6-7,10-11H,3-5,8H2,1-2H3,(H,17,18). The Hall–Kier alpha value is -1.49. The Kier molecular flexibility index (Phi) is 3.91. The highest BCUT2D eigenvalue weighted by molar-refractivity contribution is 5.73. The second-order valence-corrected chi connectivity index (χ2v) is 4.79. The molecule has 1 aromatic heterocycles. The first-order valence-corrected chi connectivity index (χ1v) is 6.37. The van der Waals surface area contributed by atoms with E-state index in [2.05, 4.69) is 9.97 Å². The lowest BCUT2D eigenvalue weighted by atomic mass is 9.98. The van der Waals surface area contributed by atoms with Gasteiger partial charge in [0, 0.05) is 12.4 Å². The first-order valence-electron chi connectivity index (χ1n) is 6.37. The van der Waals surface area contributed by atoms with Crippen molar-refractivity contribution in [2.75, 3.05) is 6.54 Å². The van der Waals surface area contributed by atoms with Gasteiger partial charge in [0.2, 0.25) is 0 Å². The average Bonchev–Trinajstić information content (AvgIpc) is 2.38. The molecule has 2 rings (SSSR count). The normalized spacial score (nSPS) is 22.7. The van der Waals surface area contributed by atoms with Crippen LogP contribution in [0.25, 0.3) is 0 Å². The van der Waals surface area contributed by atoms with Crippen molar-refractivity contribution < 1.29 is 9.90 Å². The molecule has 0 radical (unpaired) electrons. The molecular formula is C13H19N3O2. The quantitative estimate of drug-likeness (QED) is 0.884. The van der Waals surface area contributed by atoms with E-state index < -0.39 is 12.0 Å². The zero-order chi connectivity index (χ0) is 13.1. The second-order valence-electron chi connectivity index (χ2n) is 4.79. The van der Waals surface area contributed by atoms with Gasteiger partial charge in [0.15, 0.2) is 0 Å². The predicted octanol–water partition coefficient (Wildman–Crippen LogP) is 1.79. The lowest BCUT2D eigenvalue weighted by molar-refractivity contribution is -0.145. The van der Waals surface area contributed by atoms with Crippen LogP contribution in [0.5, 0.6) is 0 Å². The maximum absolute atomic E-state index is 11.3. The summed E-state index contributed by atoms with van der Waals surface area (Å²) in [5, 5.41) is 9.30. The van der Waals surface area contributed by atoms with Crippen molar-refractivity contribution in [1.82, 2.24) is 14.9 Å². The molecule has 2 atom stereocenters. The summed E-state index contributed by atoms with van der Waals surface area (Å²) in [6, 6.07) is -0.393. The van der Waals surface area contributed by atoms with Crippen LogP contribution in [-0.4, -0.2) is 38.5 Å². The van der Waals surface area contributed by atoms with E-state index in [0.717, 1.165) is 37.2 Å². The number of carboxylic acids is 1. The van der Waals surface area contributed by atoms with Crippen LogP contribution in [0, 0.1) is 6.92 Å². The van der Waals surface area contributed by atoms with Crippen molar-refractivity contribution in [3.63, 3.8) is 0 Å².